The summed E-state index contributed by atoms with van der Waals surface area (Å²) < 4.78 is 5.34. The molecule has 1 saturated carbocycles. The van der Waals surface area contributed by atoms with Crippen LogP contribution in [0.25, 0.3) is 0 Å². The Bertz CT molecular complexity index is 1210. The first-order chi connectivity index (χ1) is 16.6. The second-order valence-corrected chi connectivity index (χ2v) is 11.1. The summed E-state index contributed by atoms with van der Waals surface area (Å²) in [6.45, 7) is 1.98. The summed E-state index contributed by atoms with van der Waals surface area (Å²) in [7, 11) is 1.46. The van der Waals surface area contributed by atoms with Gasteiger partial charge in [-0.05, 0) is 43.9 Å². The van der Waals surface area contributed by atoms with Crippen LogP contribution in [0.1, 0.15) is 31.2 Å². The molecule has 2 aliphatic carbocycles. The van der Waals surface area contributed by atoms with Crippen molar-refractivity contribution in [1.29, 1.82) is 0 Å². The van der Waals surface area contributed by atoms with E-state index in [2.05, 4.69) is 15.9 Å². The van der Waals surface area contributed by atoms with Crippen molar-refractivity contribution in [3.05, 3.63) is 35.4 Å². The number of phenols is 1. The van der Waals surface area contributed by atoms with Gasteiger partial charge in [0.1, 0.15) is 11.5 Å². The topological polar surface area (TPSA) is 104 Å². The molecule has 1 aromatic rings. The zero-order valence-corrected chi connectivity index (χ0v) is 22.1. The van der Waals surface area contributed by atoms with E-state index in [0.29, 0.717) is 11.3 Å². The number of phenolic OH excluding ortho intramolecular Hbond substituents is 1. The van der Waals surface area contributed by atoms with Crippen LogP contribution in [0, 0.1) is 17.8 Å². The lowest BCUT2D eigenvalue weighted by Gasteiger charge is -2.50. The number of aromatic hydroxyl groups is 1. The molecule has 3 fully saturated rings. The van der Waals surface area contributed by atoms with E-state index in [9.17, 15) is 24.3 Å². The number of allylic oxidation sites excluding steroid dienone is 2. The van der Waals surface area contributed by atoms with E-state index in [1.54, 1.807) is 19.1 Å². The van der Waals surface area contributed by atoms with Crippen LogP contribution >= 0.6 is 39.1 Å². The van der Waals surface area contributed by atoms with Crippen LogP contribution in [0.4, 0.5) is 0 Å². The van der Waals surface area contributed by atoms with Gasteiger partial charge in [0, 0.05) is 18.0 Å². The molecule has 0 radical (unpaired) electrons. The molecule has 4 aliphatic rings. The molecule has 6 atom stereocenters. The van der Waals surface area contributed by atoms with E-state index in [1.807, 2.05) is 6.08 Å². The molecular weight excluding hydrogens is 563 g/mol. The Morgan fingerprint density at radius 1 is 1.11 bits per heavy atom. The third kappa shape index (κ3) is 2.98. The third-order valence-corrected chi connectivity index (χ3v) is 9.88. The predicted molar refractivity (Wildman–Crippen MR) is 130 cm³/mol. The summed E-state index contributed by atoms with van der Waals surface area (Å²) in [5.74, 6) is -4.61. The molecule has 0 unspecified atom stereocenters. The molecule has 35 heavy (non-hydrogen) atoms. The van der Waals surface area contributed by atoms with Crippen LogP contribution in [0.2, 0.25) is 0 Å². The molecule has 5 rings (SSSR count). The SMILES string of the molecule is CCN1C(=O)[C@H]2[C@H](CC=C3[C@H]2C[C@@]2(Cl)C(=O)N(CBr)C(=O)[C@@]2(Cl)[C@H]3c2cc(OC)ccc2O)C1=O. The van der Waals surface area contributed by atoms with E-state index in [-0.39, 0.29) is 48.0 Å². The van der Waals surface area contributed by atoms with Crippen LogP contribution < -0.4 is 4.74 Å². The number of rotatable bonds is 4. The van der Waals surface area contributed by atoms with Crippen molar-refractivity contribution < 1.29 is 29.0 Å². The minimum absolute atomic E-state index is 0.0864. The molecular formula is C24H23BrCl2N2O6. The van der Waals surface area contributed by atoms with Gasteiger partial charge in [0.05, 0.1) is 24.4 Å². The quantitative estimate of drug-likeness (QED) is 0.252. The number of ether oxygens (including phenoxy) is 1. The molecule has 1 N–H and O–H groups in total. The van der Waals surface area contributed by atoms with Gasteiger partial charge < -0.3 is 9.84 Å². The van der Waals surface area contributed by atoms with Crippen molar-refractivity contribution >= 4 is 62.8 Å². The summed E-state index contributed by atoms with van der Waals surface area (Å²) >= 11 is 17.4. The van der Waals surface area contributed by atoms with Crippen molar-refractivity contribution in [3.8, 4) is 11.5 Å². The van der Waals surface area contributed by atoms with Crippen LogP contribution in [0.15, 0.2) is 29.8 Å². The number of carbonyl (C=O) groups is 4. The largest absolute Gasteiger partial charge is 0.508 e. The molecule has 2 heterocycles. The van der Waals surface area contributed by atoms with E-state index >= 15 is 0 Å². The van der Waals surface area contributed by atoms with E-state index in [0.717, 1.165) is 4.90 Å². The van der Waals surface area contributed by atoms with E-state index < -0.39 is 45.2 Å². The van der Waals surface area contributed by atoms with Crippen molar-refractivity contribution in [1.82, 2.24) is 9.80 Å². The molecule has 2 saturated heterocycles. The zero-order valence-electron chi connectivity index (χ0n) is 19.0. The van der Waals surface area contributed by atoms with Gasteiger partial charge in [-0.1, -0.05) is 27.6 Å². The molecule has 2 aliphatic heterocycles. The Morgan fingerprint density at radius 2 is 1.83 bits per heavy atom. The number of imide groups is 2. The Balaban J connectivity index is 1.76. The fourth-order valence-corrected chi connectivity index (χ4v) is 7.78. The molecule has 1 aromatic carbocycles. The number of fused-ring (bicyclic) bond motifs is 4. The normalized spacial score (nSPS) is 36.2. The molecule has 186 valence electrons. The van der Waals surface area contributed by atoms with Gasteiger partial charge in [-0.15, -0.1) is 23.2 Å². The first-order valence-corrected chi connectivity index (χ1v) is 13.2. The lowest BCUT2D eigenvalue weighted by atomic mass is 9.56. The first kappa shape index (κ1) is 24.6. The monoisotopic (exact) mass is 584 g/mol. The summed E-state index contributed by atoms with van der Waals surface area (Å²) in [6.07, 6.45) is 2.02. The number of carbonyl (C=O) groups excluding carboxylic acids is 4. The van der Waals surface area contributed by atoms with Gasteiger partial charge >= 0.3 is 0 Å². The Morgan fingerprint density at radius 3 is 2.46 bits per heavy atom. The van der Waals surface area contributed by atoms with Gasteiger partial charge in [-0.3, -0.25) is 29.0 Å². The van der Waals surface area contributed by atoms with Crippen molar-refractivity contribution in [2.24, 2.45) is 17.8 Å². The molecule has 0 aromatic heterocycles. The van der Waals surface area contributed by atoms with E-state index in [4.69, 9.17) is 27.9 Å². The first-order valence-electron chi connectivity index (χ1n) is 11.3. The lowest BCUT2D eigenvalue weighted by Crippen LogP contribution is -2.60. The summed E-state index contributed by atoms with van der Waals surface area (Å²) in [4.78, 5) is 51.8. The van der Waals surface area contributed by atoms with Gasteiger partial charge in [-0.25, -0.2) is 0 Å². The molecule has 8 nitrogen and oxygen atoms in total. The van der Waals surface area contributed by atoms with Crippen LogP contribution in [-0.4, -0.2) is 67.4 Å². The van der Waals surface area contributed by atoms with Crippen molar-refractivity contribution in [3.63, 3.8) is 0 Å². The number of hydrogen-bond donors (Lipinski definition) is 1. The average molecular weight is 586 g/mol. The van der Waals surface area contributed by atoms with Crippen molar-refractivity contribution in [2.75, 3.05) is 19.1 Å². The standard InChI is InChI=1S/C24H23BrCl2N2O6/c1-3-28-19(31)13-6-5-12-15(17(13)20(28)32)9-23(26)21(33)29(10-25)22(34)24(23,27)18(12)14-8-11(35-2)4-7-16(14)30/h4-5,7-8,13,15,17-18,30H,3,6,9-10H2,1-2H3/t13-,15+,17-,18+,23+,24-/m0/s1. The maximum absolute atomic E-state index is 13.7. The molecule has 4 amide bonds. The number of halogens is 3. The van der Waals surface area contributed by atoms with Crippen LogP contribution in [0.3, 0.4) is 0 Å². The highest BCUT2D eigenvalue weighted by atomic mass is 79.9. The highest BCUT2D eigenvalue weighted by molar-refractivity contribution is 9.09. The second-order valence-electron chi connectivity index (χ2n) is 9.33. The molecule has 0 bridgehead atoms. The fraction of sp³-hybridized carbons (Fsp3) is 0.500. The third-order valence-electron chi connectivity index (χ3n) is 7.97. The van der Waals surface area contributed by atoms with Crippen LogP contribution in [-0.2, 0) is 19.2 Å². The summed E-state index contributed by atoms with van der Waals surface area (Å²) in [5.41, 5.74) is 0.777. The number of benzene rings is 1. The van der Waals surface area contributed by atoms with Gasteiger partial charge in [0.2, 0.25) is 11.8 Å². The predicted octanol–water partition coefficient (Wildman–Crippen LogP) is 3.13. The maximum Gasteiger partial charge on any atom is 0.254 e. The zero-order chi connectivity index (χ0) is 25.4. The number of amides is 4. The number of nitrogens with zero attached hydrogens (tertiary/aromatic N) is 2. The number of alkyl halides is 3. The number of methoxy groups -OCH3 is 1. The molecule has 0 spiro atoms. The minimum atomic E-state index is -1.96. The minimum Gasteiger partial charge on any atom is -0.508 e. The van der Waals surface area contributed by atoms with Crippen LogP contribution in [0.5, 0.6) is 11.5 Å². The number of likely N-dealkylation sites (tertiary alicyclic amines) is 2. The molecule has 11 heteroatoms. The average Bonchev–Trinajstić information content (AvgIpc) is 3.17. The lowest BCUT2D eigenvalue weighted by molar-refractivity contribution is -0.141. The summed E-state index contributed by atoms with van der Waals surface area (Å²) in [5, 5.41) is 10.9. The van der Waals surface area contributed by atoms with Crippen molar-refractivity contribution in [2.45, 2.75) is 35.4 Å². The maximum atomic E-state index is 13.7. The van der Waals surface area contributed by atoms with Gasteiger partial charge in [-0.2, -0.15) is 0 Å². The van der Waals surface area contributed by atoms with E-state index in [1.165, 1.54) is 18.1 Å². The van der Waals surface area contributed by atoms with Gasteiger partial charge in [0.15, 0.2) is 9.75 Å². The smallest absolute Gasteiger partial charge is 0.254 e. The highest BCUT2D eigenvalue weighted by Gasteiger charge is 2.76. The Labute approximate surface area is 220 Å². The second kappa shape index (κ2) is 8.21. The summed E-state index contributed by atoms with van der Waals surface area (Å²) in [6, 6.07) is 4.54. The Hall–Kier alpha value is -2.10. The number of hydrogen-bond acceptors (Lipinski definition) is 6. The fourth-order valence-electron chi connectivity index (χ4n) is 6.37. The van der Waals surface area contributed by atoms with Gasteiger partial charge in [0.25, 0.3) is 11.8 Å². The highest BCUT2D eigenvalue weighted by Crippen LogP contribution is 2.66. The Kier molecular flexibility index (Phi) is 5.77.